The largest absolute Gasteiger partial charge is 0.493 e. The van der Waals surface area contributed by atoms with Crippen LogP contribution in [-0.2, 0) is 6.42 Å². The second-order valence-electron chi connectivity index (χ2n) is 6.79. The normalized spacial score (nSPS) is 20.8. The van der Waals surface area contributed by atoms with E-state index in [0.717, 1.165) is 41.7 Å². The van der Waals surface area contributed by atoms with Crippen LogP contribution in [0.3, 0.4) is 0 Å². The molecule has 0 saturated heterocycles. The Morgan fingerprint density at radius 3 is 2.31 bits per heavy atom. The van der Waals surface area contributed by atoms with Crippen LogP contribution in [0.4, 0.5) is 0 Å². The van der Waals surface area contributed by atoms with Gasteiger partial charge in [0.05, 0.1) is 34.0 Å². The Morgan fingerprint density at radius 1 is 0.923 bits per heavy atom. The summed E-state index contributed by atoms with van der Waals surface area (Å²) in [5.41, 5.74) is 4.41. The third-order valence-electron chi connectivity index (χ3n) is 5.45. The number of rotatable bonds is 4. The zero-order chi connectivity index (χ0) is 18.3. The van der Waals surface area contributed by atoms with Crippen molar-refractivity contribution in [3.8, 4) is 23.0 Å². The lowest BCUT2D eigenvalue weighted by molar-refractivity contribution is 0.153. The summed E-state index contributed by atoms with van der Waals surface area (Å²) in [7, 11) is 4.85. The van der Waals surface area contributed by atoms with E-state index in [4.69, 9.17) is 18.9 Å². The molecular formula is C21H24O5. The molecule has 2 aromatic carbocycles. The number of hydrogen-bond donors (Lipinski definition) is 1. The van der Waals surface area contributed by atoms with E-state index in [0.29, 0.717) is 23.9 Å². The fourth-order valence-electron chi connectivity index (χ4n) is 4.13. The Kier molecular flexibility index (Phi) is 4.41. The van der Waals surface area contributed by atoms with Crippen molar-refractivity contribution in [3.63, 3.8) is 0 Å². The van der Waals surface area contributed by atoms with Crippen molar-refractivity contribution in [3.05, 3.63) is 46.5 Å². The lowest BCUT2D eigenvalue weighted by Gasteiger charge is -2.30. The van der Waals surface area contributed by atoms with Gasteiger partial charge in [-0.25, -0.2) is 0 Å². The SMILES string of the molecule is COc1cc([C@H]2CCC(O)c3cc4c(cc32)OCC4)cc(OC)c1OC. The summed E-state index contributed by atoms with van der Waals surface area (Å²) in [5, 5.41) is 10.5. The zero-order valence-electron chi connectivity index (χ0n) is 15.4. The molecule has 2 aliphatic rings. The molecule has 0 amide bonds. The molecule has 0 radical (unpaired) electrons. The van der Waals surface area contributed by atoms with Crippen molar-refractivity contribution >= 4 is 0 Å². The van der Waals surface area contributed by atoms with Crippen molar-refractivity contribution in [1.82, 2.24) is 0 Å². The number of fused-ring (bicyclic) bond motifs is 2. The zero-order valence-corrected chi connectivity index (χ0v) is 15.4. The second kappa shape index (κ2) is 6.72. The molecule has 1 N–H and O–H groups in total. The van der Waals surface area contributed by atoms with Crippen LogP contribution in [0.2, 0.25) is 0 Å². The van der Waals surface area contributed by atoms with Crippen LogP contribution in [0.25, 0.3) is 0 Å². The smallest absolute Gasteiger partial charge is 0.203 e. The molecule has 138 valence electrons. The van der Waals surface area contributed by atoms with E-state index in [2.05, 4.69) is 12.1 Å². The highest BCUT2D eigenvalue weighted by molar-refractivity contribution is 5.57. The third-order valence-corrected chi connectivity index (χ3v) is 5.45. The van der Waals surface area contributed by atoms with E-state index < -0.39 is 6.10 Å². The lowest BCUT2D eigenvalue weighted by atomic mass is 9.77. The molecule has 1 aliphatic heterocycles. The number of aliphatic hydroxyl groups excluding tert-OH is 1. The third kappa shape index (κ3) is 2.67. The van der Waals surface area contributed by atoms with Gasteiger partial charge in [0.25, 0.3) is 0 Å². The van der Waals surface area contributed by atoms with Gasteiger partial charge in [-0.05, 0) is 59.4 Å². The first kappa shape index (κ1) is 17.0. The van der Waals surface area contributed by atoms with Crippen molar-refractivity contribution in [2.24, 2.45) is 0 Å². The Bertz CT molecular complexity index is 804. The fourth-order valence-corrected chi connectivity index (χ4v) is 4.13. The van der Waals surface area contributed by atoms with E-state index in [1.807, 2.05) is 12.1 Å². The highest BCUT2D eigenvalue weighted by atomic mass is 16.5. The van der Waals surface area contributed by atoms with Crippen LogP contribution in [0, 0.1) is 0 Å². The van der Waals surface area contributed by atoms with Gasteiger partial charge < -0.3 is 24.1 Å². The highest BCUT2D eigenvalue weighted by Gasteiger charge is 2.31. The van der Waals surface area contributed by atoms with Gasteiger partial charge >= 0.3 is 0 Å². The first-order valence-corrected chi connectivity index (χ1v) is 8.93. The average molecular weight is 356 g/mol. The number of ether oxygens (including phenoxy) is 4. The van der Waals surface area contributed by atoms with E-state index in [-0.39, 0.29) is 5.92 Å². The molecule has 4 rings (SSSR count). The maximum atomic E-state index is 10.5. The minimum atomic E-state index is -0.422. The predicted molar refractivity (Wildman–Crippen MR) is 97.8 cm³/mol. The summed E-state index contributed by atoms with van der Waals surface area (Å²) in [4.78, 5) is 0. The molecule has 2 aromatic rings. The Balaban J connectivity index is 1.84. The lowest BCUT2D eigenvalue weighted by Crippen LogP contribution is -2.16. The Morgan fingerprint density at radius 2 is 1.65 bits per heavy atom. The summed E-state index contributed by atoms with van der Waals surface area (Å²) < 4.78 is 22.2. The molecule has 1 heterocycles. The molecule has 26 heavy (non-hydrogen) atoms. The molecule has 1 unspecified atom stereocenters. The van der Waals surface area contributed by atoms with Crippen molar-refractivity contribution in [1.29, 1.82) is 0 Å². The van der Waals surface area contributed by atoms with Gasteiger partial charge in [-0.15, -0.1) is 0 Å². The van der Waals surface area contributed by atoms with Gasteiger partial charge in [0.1, 0.15) is 5.75 Å². The van der Waals surface area contributed by atoms with E-state index in [9.17, 15) is 5.11 Å². The van der Waals surface area contributed by atoms with Gasteiger partial charge in [-0.3, -0.25) is 0 Å². The molecule has 2 atom stereocenters. The minimum Gasteiger partial charge on any atom is -0.493 e. The van der Waals surface area contributed by atoms with Crippen molar-refractivity contribution < 1.29 is 24.1 Å². The van der Waals surface area contributed by atoms with Crippen LogP contribution in [0.5, 0.6) is 23.0 Å². The summed E-state index contributed by atoms with van der Waals surface area (Å²) in [5.74, 6) is 2.97. The fraction of sp³-hybridized carbons (Fsp3) is 0.429. The number of aliphatic hydroxyl groups is 1. The molecule has 0 bridgehead atoms. The van der Waals surface area contributed by atoms with E-state index in [1.54, 1.807) is 21.3 Å². The van der Waals surface area contributed by atoms with Crippen LogP contribution in [-0.4, -0.2) is 33.0 Å². The standard InChI is InChI=1S/C21H24O5/c1-23-19-9-13(10-20(24-2)21(19)25-3)14-4-5-17(22)16-8-12-6-7-26-18(12)11-15(14)16/h8-11,14,17,22H,4-7H2,1-3H3/t14-,17?/m1/s1. The van der Waals surface area contributed by atoms with E-state index >= 15 is 0 Å². The van der Waals surface area contributed by atoms with Gasteiger partial charge in [0.2, 0.25) is 5.75 Å². The summed E-state index contributed by atoms with van der Waals surface area (Å²) in [6.45, 7) is 0.711. The van der Waals surface area contributed by atoms with Gasteiger partial charge in [-0.1, -0.05) is 0 Å². The van der Waals surface area contributed by atoms with Crippen molar-refractivity contribution in [2.45, 2.75) is 31.3 Å². The number of hydrogen-bond acceptors (Lipinski definition) is 5. The quantitative estimate of drug-likeness (QED) is 0.907. The number of methoxy groups -OCH3 is 3. The average Bonchev–Trinajstić information content (AvgIpc) is 3.13. The Labute approximate surface area is 153 Å². The molecule has 1 aliphatic carbocycles. The molecule has 0 spiro atoms. The van der Waals surface area contributed by atoms with Gasteiger partial charge in [0.15, 0.2) is 11.5 Å². The second-order valence-corrected chi connectivity index (χ2v) is 6.79. The monoisotopic (exact) mass is 356 g/mol. The Hall–Kier alpha value is -2.40. The van der Waals surface area contributed by atoms with E-state index in [1.165, 1.54) is 5.56 Å². The molecule has 5 nitrogen and oxygen atoms in total. The maximum absolute atomic E-state index is 10.5. The van der Waals surface area contributed by atoms with Crippen LogP contribution in [0.15, 0.2) is 24.3 Å². The molecule has 0 fully saturated rings. The van der Waals surface area contributed by atoms with Crippen molar-refractivity contribution in [2.75, 3.05) is 27.9 Å². The molecule has 0 aromatic heterocycles. The van der Waals surface area contributed by atoms with Crippen LogP contribution in [0.1, 0.15) is 47.1 Å². The first-order chi connectivity index (χ1) is 12.7. The molecular weight excluding hydrogens is 332 g/mol. The van der Waals surface area contributed by atoms with Crippen LogP contribution >= 0.6 is 0 Å². The predicted octanol–water partition coefficient (Wildman–Crippen LogP) is 3.61. The van der Waals surface area contributed by atoms with Crippen LogP contribution < -0.4 is 18.9 Å². The first-order valence-electron chi connectivity index (χ1n) is 8.93. The topological polar surface area (TPSA) is 57.2 Å². The summed E-state index contributed by atoms with van der Waals surface area (Å²) >= 11 is 0. The molecule has 0 saturated carbocycles. The summed E-state index contributed by atoms with van der Waals surface area (Å²) in [6.07, 6.45) is 2.07. The maximum Gasteiger partial charge on any atom is 0.203 e. The molecule has 5 heteroatoms. The number of benzene rings is 2. The van der Waals surface area contributed by atoms with Gasteiger partial charge in [-0.2, -0.15) is 0 Å². The summed E-state index contributed by atoms with van der Waals surface area (Å²) in [6, 6.07) is 8.23. The minimum absolute atomic E-state index is 0.150. The van der Waals surface area contributed by atoms with Gasteiger partial charge in [0, 0.05) is 12.3 Å². The highest BCUT2D eigenvalue weighted by Crippen LogP contribution is 2.48.